The van der Waals surface area contributed by atoms with E-state index in [4.69, 9.17) is 14.7 Å². The van der Waals surface area contributed by atoms with Crippen LogP contribution in [-0.2, 0) is 18.9 Å². The fraction of sp³-hybridized carbons (Fsp3) is 0.906. The molecule has 0 spiro atoms. The summed E-state index contributed by atoms with van der Waals surface area (Å²) in [4.78, 5) is 37.4. The summed E-state index contributed by atoms with van der Waals surface area (Å²) >= 11 is 1.77. The number of hydrogen-bond donors (Lipinski definition) is 5. The Morgan fingerprint density at radius 1 is 1.07 bits per heavy atom. The van der Waals surface area contributed by atoms with Crippen LogP contribution in [0.1, 0.15) is 119 Å². The van der Waals surface area contributed by atoms with Crippen molar-refractivity contribution < 1.29 is 23.9 Å². The van der Waals surface area contributed by atoms with E-state index in [-0.39, 0.29) is 41.7 Å². The molecule has 12 nitrogen and oxygen atoms in total. The monoisotopic (exact) mass is 666 g/mol. The summed E-state index contributed by atoms with van der Waals surface area (Å²) in [5.74, 6) is 1.74. The number of thioether (sulfide) groups is 1. The van der Waals surface area contributed by atoms with E-state index in [1.807, 2.05) is 0 Å². The molecule has 0 radical (unpaired) electrons. The first kappa shape index (κ1) is 38.4. The van der Waals surface area contributed by atoms with Gasteiger partial charge in [-0.1, -0.05) is 72.1 Å². The van der Waals surface area contributed by atoms with Gasteiger partial charge in [-0.05, 0) is 74.4 Å². The normalized spacial score (nSPS) is 25.6. The van der Waals surface area contributed by atoms with Gasteiger partial charge in [-0.3, -0.25) is 15.0 Å². The lowest BCUT2D eigenvalue weighted by Gasteiger charge is -2.64. The molecule has 1 aliphatic heterocycles. The molecule has 6 atom stereocenters. The van der Waals surface area contributed by atoms with Gasteiger partial charge >= 0.3 is 7.12 Å². The molecular formula is C32H59BN6O6S. The zero-order valence-corrected chi connectivity index (χ0v) is 29.8. The third-order valence-corrected chi connectivity index (χ3v) is 11.4. The molecule has 2 bridgehead atoms. The van der Waals surface area contributed by atoms with Gasteiger partial charge in [0, 0.05) is 18.7 Å². The molecule has 2 amide bonds. The number of nitrogens with zero attached hydrogens (tertiary/aromatic N) is 1. The quantitative estimate of drug-likeness (QED) is 0.0288. The van der Waals surface area contributed by atoms with Crippen molar-refractivity contribution in [2.75, 3.05) is 18.1 Å². The minimum atomic E-state index is -0.806. The van der Waals surface area contributed by atoms with Crippen LogP contribution in [0.4, 0.5) is 0 Å². The molecule has 0 aromatic carbocycles. The van der Waals surface area contributed by atoms with Crippen LogP contribution in [-0.4, -0.2) is 71.7 Å². The summed E-state index contributed by atoms with van der Waals surface area (Å²) in [6.07, 6.45) is 11.2. The van der Waals surface area contributed by atoms with Crippen molar-refractivity contribution in [3.8, 4) is 0 Å². The smallest absolute Gasteiger partial charge is 0.404 e. The maximum absolute atomic E-state index is 13.8. The molecule has 5 N–H and O–H groups in total. The number of hydrogen-bond acceptors (Lipinski definition) is 8. The number of rotatable bonds is 21. The van der Waals surface area contributed by atoms with Crippen LogP contribution in [0.25, 0.3) is 0 Å². The predicted molar refractivity (Wildman–Crippen MR) is 184 cm³/mol. The standard InChI is InChI=1S/C32H59BN6O6S/c1-7-8-9-10-11-12-17-46-18-15-28(40)36-24(14-13-16-35-30(34)38-39(42)43)29(41)37-27(19-22(2)3)33-44-26-21-23-20-25(31(23,4)5)32(26,6)45-33/h22-27H,7-21H2,1-6H3,(H,36,40)(H,37,41)(H3,34,35,38)/t23-,24-,25-,26+,27-,32-/m0/s1. The Hall–Kier alpha value is -2.06. The molecular weight excluding hydrogens is 607 g/mol. The summed E-state index contributed by atoms with van der Waals surface area (Å²) in [7, 11) is -0.568. The van der Waals surface area contributed by atoms with Crippen molar-refractivity contribution in [3.05, 3.63) is 10.1 Å². The summed E-state index contributed by atoms with van der Waals surface area (Å²) in [6, 6.07) is -0.795. The lowest BCUT2D eigenvalue weighted by molar-refractivity contribution is -0.525. The highest BCUT2D eigenvalue weighted by atomic mass is 32.2. The number of nitro groups is 1. The van der Waals surface area contributed by atoms with E-state index in [1.54, 1.807) is 17.2 Å². The Balaban J connectivity index is 1.57. The van der Waals surface area contributed by atoms with Crippen molar-refractivity contribution in [3.63, 3.8) is 0 Å². The average molecular weight is 667 g/mol. The zero-order valence-electron chi connectivity index (χ0n) is 29.0. The number of nitrogens with one attached hydrogen (secondary N) is 5. The maximum Gasteiger partial charge on any atom is 0.481 e. The molecule has 4 fully saturated rings. The second kappa shape index (κ2) is 17.9. The van der Waals surface area contributed by atoms with Crippen molar-refractivity contribution >= 4 is 36.7 Å². The summed E-state index contributed by atoms with van der Waals surface area (Å²) < 4.78 is 13.2. The molecule has 4 aliphatic rings. The Labute approximate surface area is 280 Å². The number of unbranched alkanes of at least 4 members (excludes halogenated alkanes) is 5. The fourth-order valence-electron chi connectivity index (χ4n) is 7.54. The molecule has 14 heteroatoms. The summed E-state index contributed by atoms with van der Waals surface area (Å²) in [6.45, 7) is 13.5. The van der Waals surface area contributed by atoms with Gasteiger partial charge in [0.25, 0.3) is 5.96 Å². The van der Waals surface area contributed by atoms with Gasteiger partial charge in [-0.15, -0.1) is 0 Å². The van der Waals surface area contributed by atoms with E-state index in [0.29, 0.717) is 43.3 Å². The van der Waals surface area contributed by atoms with Gasteiger partial charge in [0.2, 0.25) is 11.8 Å². The maximum atomic E-state index is 13.8. The van der Waals surface area contributed by atoms with E-state index < -0.39 is 29.8 Å². The van der Waals surface area contributed by atoms with E-state index in [1.165, 1.54) is 32.1 Å². The van der Waals surface area contributed by atoms with Crippen LogP contribution >= 0.6 is 11.8 Å². The van der Waals surface area contributed by atoms with Gasteiger partial charge in [0.05, 0.1) is 17.6 Å². The number of hydrazine groups is 1. The summed E-state index contributed by atoms with van der Waals surface area (Å²) in [5, 5.41) is 26.1. The van der Waals surface area contributed by atoms with E-state index in [2.05, 4.69) is 57.5 Å². The number of carbonyl (C=O) groups excluding carboxylic acids is 2. The third-order valence-electron chi connectivity index (χ3n) is 10.3. The van der Waals surface area contributed by atoms with Crippen LogP contribution in [0, 0.1) is 38.7 Å². The molecule has 0 aromatic rings. The van der Waals surface area contributed by atoms with Crippen LogP contribution in [0.2, 0.25) is 0 Å². The molecule has 0 unspecified atom stereocenters. The van der Waals surface area contributed by atoms with Gasteiger partial charge in [-0.25, -0.2) is 10.1 Å². The molecule has 262 valence electrons. The average Bonchev–Trinajstić information content (AvgIpc) is 3.34. The minimum absolute atomic E-state index is 0.000604. The molecule has 1 heterocycles. The molecule has 3 saturated carbocycles. The zero-order chi connectivity index (χ0) is 33.9. The van der Waals surface area contributed by atoms with E-state index in [9.17, 15) is 19.7 Å². The largest absolute Gasteiger partial charge is 0.481 e. The SMILES string of the molecule is CCCCCCCCSCCC(=O)N[C@@H](CCCNC(=N)N[N+](=O)[O-])C(=O)N[C@@H](CC(C)C)B1O[C@@H]2C[C@@H]3C[C@@H](C3(C)C)[C@]2(C)O1. The van der Waals surface area contributed by atoms with Crippen LogP contribution in [0.3, 0.4) is 0 Å². The molecule has 0 aromatic heterocycles. The second-order valence-electron chi connectivity index (χ2n) is 14.6. The lowest BCUT2D eigenvalue weighted by atomic mass is 9.43. The van der Waals surface area contributed by atoms with Crippen molar-refractivity contribution in [1.29, 1.82) is 5.41 Å². The molecule has 46 heavy (non-hydrogen) atoms. The number of amides is 2. The molecule has 4 rings (SSSR count). The van der Waals surface area contributed by atoms with Crippen LogP contribution in [0.5, 0.6) is 0 Å². The van der Waals surface area contributed by atoms with E-state index in [0.717, 1.165) is 25.0 Å². The first-order chi connectivity index (χ1) is 21.8. The Kier molecular flexibility index (Phi) is 15.0. The van der Waals surface area contributed by atoms with Crippen LogP contribution in [0.15, 0.2) is 0 Å². The predicted octanol–water partition coefficient (Wildman–Crippen LogP) is 4.84. The van der Waals surface area contributed by atoms with Gasteiger partial charge in [0.15, 0.2) is 5.03 Å². The number of carbonyl (C=O) groups is 2. The topological polar surface area (TPSA) is 168 Å². The van der Waals surface area contributed by atoms with Crippen LogP contribution < -0.4 is 21.4 Å². The first-order valence-corrected chi connectivity index (χ1v) is 18.7. The highest BCUT2D eigenvalue weighted by Gasteiger charge is 2.68. The molecule has 1 saturated heterocycles. The Morgan fingerprint density at radius 2 is 1.78 bits per heavy atom. The van der Waals surface area contributed by atoms with Gasteiger partial charge in [0.1, 0.15) is 6.04 Å². The Bertz CT molecular complexity index is 1040. The second-order valence-corrected chi connectivity index (χ2v) is 15.9. The molecule has 3 aliphatic carbocycles. The lowest BCUT2D eigenvalue weighted by Crippen LogP contribution is -2.65. The van der Waals surface area contributed by atoms with E-state index >= 15 is 0 Å². The summed E-state index contributed by atoms with van der Waals surface area (Å²) in [5.41, 5.74) is 1.58. The van der Waals surface area contributed by atoms with Crippen molar-refractivity contribution in [1.82, 2.24) is 21.4 Å². The van der Waals surface area contributed by atoms with Gasteiger partial charge in [-0.2, -0.15) is 11.8 Å². The highest BCUT2D eigenvalue weighted by Crippen LogP contribution is 2.65. The third kappa shape index (κ3) is 10.7. The highest BCUT2D eigenvalue weighted by molar-refractivity contribution is 7.99. The van der Waals surface area contributed by atoms with Gasteiger partial charge < -0.3 is 25.3 Å². The fourth-order valence-corrected chi connectivity index (χ4v) is 8.48. The minimum Gasteiger partial charge on any atom is -0.404 e. The first-order valence-electron chi connectivity index (χ1n) is 17.5. The van der Waals surface area contributed by atoms with Crippen molar-refractivity contribution in [2.24, 2.45) is 23.2 Å². The Morgan fingerprint density at radius 3 is 2.46 bits per heavy atom. The van der Waals surface area contributed by atoms with Crippen molar-refractivity contribution in [2.45, 2.75) is 142 Å². The number of guanidine groups is 1.